The van der Waals surface area contributed by atoms with Crippen LogP contribution in [0.2, 0.25) is 0 Å². The van der Waals surface area contributed by atoms with E-state index in [4.69, 9.17) is 4.74 Å². The van der Waals surface area contributed by atoms with Crippen LogP contribution in [0.1, 0.15) is 31.2 Å². The number of hydrogen-bond acceptors (Lipinski definition) is 3. The molecule has 0 saturated heterocycles. The highest BCUT2D eigenvalue weighted by molar-refractivity contribution is 14.1. The summed E-state index contributed by atoms with van der Waals surface area (Å²) in [6, 6.07) is 7.42. The average molecular weight is 427 g/mol. The second-order valence-corrected chi connectivity index (χ2v) is 6.40. The molecule has 0 aliphatic carbocycles. The molecule has 0 aliphatic heterocycles. The summed E-state index contributed by atoms with van der Waals surface area (Å²) in [6.07, 6.45) is 1.24. The maximum Gasteiger partial charge on any atom is 0.224 e. The molecule has 0 bridgehead atoms. The largest absolute Gasteiger partial charge is 0.494 e. The van der Waals surface area contributed by atoms with Gasteiger partial charge >= 0.3 is 0 Å². The molecule has 124 valence electrons. The highest BCUT2D eigenvalue weighted by atomic mass is 127. The van der Waals surface area contributed by atoms with Gasteiger partial charge < -0.3 is 10.1 Å². The first-order chi connectivity index (χ1) is 11.0. The number of hydrogen-bond donors (Lipinski definition) is 1. The summed E-state index contributed by atoms with van der Waals surface area (Å²) in [6.45, 7) is 7.40. The van der Waals surface area contributed by atoms with Gasteiger partial charge in [0.25, 0.3) is 0 Å². The van der Waals surface area contributed by atoms with Gasteiger partial charge in [-0.3, -0.25) is 9.48 Å². The average Bonchev–Trinajstić information content (AvgIpc) is 2.77. The van der Waals surface area contributed by atoms with Crippen LogP contribution < -0.4 is 10.1 Å². The third-order valence-electron chi connectivity index (χ3n) is 3.52. The smallest absolute Gasteiger partial charge is 0.224 e. The molecule has 6 heteroatoms. The van der Waals surface area contributed by atoms with E-state index in [9.17, 15) is 4.79 Å². The molecule has 1 heterocycles. The number of nitrogens with zero attached hydrogens (tertiary/aromatic N) is 2. The summed E-state index contributed by atoms with van der Waals surface area (Å²) in [7, 11) is 0. The Hall–Kier alpha value is -1.57. The minimum absolute atomic E-state index is 0.0189. The first-order valence-electron chi connectivity index (χ1n) is 7.73. The molecule has 2 aromatic rings. The Balaban J connectivity index is 1.79. The predicted octanol–water partition coefficient (Wildman–Crippen LogP) is 3.92. The Labute approximate surface area is 150 Å². The van der Waals surface area contributed by atoms with E-state index in [2.05, 4.69) is 39.9 Å². The van der Waals surface area contributed by atoms with Crippen molar-refractivity contribution in [3.05, 3.63) is 39.2 Å². The molecular formula is C17H22IN3O2. The van der Waals surface area contributed by atoms with Gasteiger partial charge in [-0.05, 0) is 74.0 Å². The van der Waals surface area contributed by atoms with Crippen LogP contribution in [-0.4, -0.2) is 22.3 Å². The van der Waals surface area contributed by atoms with Gasteiger partial charge in [0, 0.05) is 24.3 Å². The lowest BCUT2D eigenvalue weighted by Gasteiger charge is -2.08. The second-order valence-electron chi connectivity index (χ2n) is 5.32. The van der Waals surface area contributed by atoms with Crippen molar-refractivity contribution < 1.29 is 9.53 Å². The van der Waals surface area contributed by atoms with E-state index in [1.807, 2.05) is 42.8 Å². The lowest BCUT2D eigenvalue weighted by molar-refractivity contribution is -0.116. The van der Waals surface area contributed by atoms with Crippen molar-refractivity contribution in [2.75, 3.05) is 11.9 Å². The van der Waals surface area contributed by atoms with E-state index in [-0.39, 0.29) is 5.91 Å². The van der Waals surface area contributed by atoms with Gasteiger partial charge in [0.1, 0.15) is 5.75 Å². The molecule has 0 spiro atoms. The number of rotatable bonds is 7. The Morgan fingerprint density at radius 3 is 2.57 bits per heavy atom. The lowest BCUT2D eigenvalue weighted by atomic mass is 10.2. The van der Waals surface area contributed by atoms with Crippen LogP contribution in [0, 0.1) is 17.4 Å². The fourth-order valence-electron chi connectivity index (χ4n) is 2.31. The first kappa shape index (κ1) is 17.8. The Kier molecular flexibility index (Phi) is 6.44. The number of ether oxygens (including phenoxy) is 1. The number of amides is 1. The Morgan fingerprint density at radius 2 is 2.00 bits per heavy atom. The van der Waals surface area contributed by atoms with Crippen molar-refractivity contribution >= 4 is 34.2 Å². The molecule has 1 aromatic heterocycles. The van der Waals surface area contributed by atoms with Gasteiger partial charge in [0.2, 0.25) is 5.91 Å². The number of anilines is 1. The summed E-state index contributed by atoms with van der Waals surface area (Å²) in [5.74, 6) is 0.829. The van der Waals surface area contributed by atoms with E-state index in [0.29, 0.717) is 13.0 Å². The third kappa shape index (κ3) is 4.95. The normalized spacial score (nSPS) is 10.6. The quantitative estimate of drug-likeness (QED) is 0.682. The van der Waals surface area contributed by atoms with E-state index in [0.717, 1.165) is 35.8 Å². The molecule has 0 atom stereocenters. The second kappa shape index (κ2) is 8.33. The molecule has 0 unspecified atom stereocenters. The third-order valence-corrected chi connectivity index (χ3v) is 5.08. The number of carbonyl (C=O) groups excluding carboxylic acids is 1. The van der Waals surface area contributed by atoms with E-state index in [1.54, 1.807) is 0 Å². The number of benzene rings is 1. The molecular weight excluding hydrogens is 405 g/mol. The van der Waals surface area contributed by atoms with E-state index >= 15 is 0 Å². The molecule has 0 aliphatic rings. The van der Waals surface area contributed by atoms with Crippen LogP contribution in [-0.2, 0) is 11.3 Å². The van der Waals surface area contributed by atoms with Crippen LogP contribution in [0.5, 0.6) is 5.75 Å². The highest BCUT2D eigenvalue weighted by Gasteiger charge is 2.09. The van der Waals surface area contributed by atoms with Crippen LogP contribution in [0.15, 0.2) is 24.3 Å². The summed E-state index contributed by atoms with van der Waals surface area (Å²) < 4.78 is 8.55. The standard InChI is InChI=1S/C17H22IN3O2/c1-4-23-15-9-7-14(8-10-15)19-16(22)6-5-11-21-13(3)17(18)12(2)20-21/h7-10H,4-6,11H2,1-3H3,(H,19,22). The highest BCUT2D eigenvalue weighted by Crippen LogP contribution is 2.17. The molecule has 1 N–H and O–H groups in total. The summed E-state index contributed by atoms with van der Waals surface area (Å²) in [4.78, 5) is 12.0. The summed E-state index contributed by atoms with van der Waals surface area (Å²) in [5, 5.41) is 7.38. The molecule has 5 nitrogen and oxygen atoms in total. The maximum atomic E-state index is 12.0. The topological polar surface area (TPSA) is 56.1 Å². The van der Waals surface area contributed by atoms with E-state index < -0.39 is 0 Å². The van der Waals surface area contributed by atoms with Crippen LogP contribution in [0.4, 0.5) is 5.69 Å². The van der Waals surface area contributed by atoms with Crippen molar-refractivity contribution in [2.45, 2.75) is 40.2 Å². The molecule has 0 radical (unpaired) electrons. The van der Waals surface area contributed by atoms with Crippen molar-refractivity contribution in [1.29, 1.82) is 0 Å². The van der Waals surface area contributed by atoms with E-state index in [1.165, 1.54) is 3.57 Å². The first-order valence-corrected chi connectivity index (χ1v) is 8.81. The number of carbonyl (C=O) groups is 1. The zero-order chi connectivity index (χ0) is 16.8. The summed E-state index contributed by atoms with van der Waals surface area (Å²) in [5.41, 5.74) is 3.00. The van der Waals surface area contributed by atoms with Crippen LogP contribution in [0.3, 0.4) is 0 Å². The van der Waals surface area contributed by atoms with Gasteiger partial charge in [-0.15, -0.1) is 0 Å². The Morgan fingerprint density at radius 1 is 1.30 bits per heavy atom. The fraction of sp³-hybridized carbons (Fsp3) is 0.412. The number of halogens is 1. The zero-order valence-electron chi connectivity index (χ0n) is 13.7. The van der Waals surface area contributed by atoms with Gasteiger partial charge in [-0.1, -0.05) is 0 Å². The monoisotopic (exact) mass is 427 g/mol. The summed E-state index contributed by atoms with van der Waals surface area (Å²) >= 11 is 2.31. The predicted molar refractivity (Wildman–Crippen MR) is 99.9 cm³/mol. The molecule has 23 heavy (non-hydrogen) atoms. The van der Waals surface area contributed by atoms with Gasteiger partial charge in [-0.25, -0.2) is 0 Å². The van der Waals surface area contributed by atoms with Crippen molar-refractivity contribution in [3.63, 3.8) is 0 Å². The maximum absolute atomic E-state index is 12.0. The van der Waals surface area contributed by atoms with Gasteiger partial charge in [0.15, 0.2) is 0 Å². The molecule has 0 fully saturated rings. The van der Waals surface area contributed by atoms with Crippen molar-refractivity contribution in [1.82, 2.24) is 9.78 Å². The van der Waals surface area contributed by atoms with Crippen LogP contribution >= 0.6 is 22.6 Å². The molecule has 1 amide bonds. The minimum atomic E-state index is 0.0189. The number of nitrogens with one attached hydrogen (secondary N) is 1. The fourth-order valence-corrected chi connectivity index (χ4v) is 2.69. The number of aromatic nitrogens is 2. The number of aryl methyl sites for hydroxylation is 2. The van der Waals surface area contributed by atoms with Gasteiger partial charge in [0.05, 0.1) is 15.9 Å². The molecule has 2 rings (SSSR count). The molecule has 1 aromatic carbocycles. The van der Waals surface area contributed by atoms with Gasteiger partial charge in [-0.2, -0.15) is 5.10 Å². The SMILES string of the molecule is CCOc1ccc(NC(=O)CCCn2nc(C)c(I)c2C)cc1. The Bertz CT molecular complexity index is 665. The zero-order valence-corrected chi connectivity index (χ0v) is 15.9. The minimum Gasteiger partial charge on any atom is -0.494 e. The lowest BCUT2D eigenvalue weighted by Crippen LogP contribution is -2.13. The van der Waals surface area contributed by atoms with Crippen LogP contribution in [0.25, 0.3) is 0 Å². The molecule has 0 saturated carbocycles. The van der Waals surface area contributed by atoms with Crippen molar-refractivity contribution in [2.24, 2.45) is 0 Å². The van der Waals surface area contributed by atoms with Crippen molar-refractivity contribution in [3.8, 4) is 5.75 Å².